The highest BCUT2D eigenvalue weighted by Crippen LogP contribution is 2.41. The van der Waals surface area contributed by atoms with Crippen molar-refractivity contribution in [3.8, 4) is 0 Å². The van der Waals surface area contributed by atoms with E-state index < -0.39 is 0 Å². The first-order valence-electron chi connectivity index (χ1n) is 10.5. The van der Waals surface area contributed by atoms with Crippen LogP contribution >= 0.6 is 0 Å². The van der Waals surface area contributed by atoms with E-state index in [4.69, 9.17) is 0 Å². The Kier molecular flexibility index (Phi) is 4.90. The van der Waals surface area contributed by atoms with Crippen molar-refractivity contribution in [3.05, 3.63) is 57.9 Å². The second-order valence-electron chi connectivity index (χ2n) is 8.58. The SMILES string of the molecule is CCCN(CC1CC1)N1CC(C)=C(c2c(C)cc(C)cc2C)c2[nH]ccc21. The molecule has 2 aromatic rings. The van der Waals surface area contributed by atoms with Crippen LogP contribution in [0.4, 0.5) is 5.69 Å². The van der Waals surface area contributed by atoms with Gasteiger partial charge in [0.25, 0.3) is 0 Å². The Balaban J connectivity index is 1.77. The highest BCUT2D eigenvalue weighted by atomic mass is 15.6. The Bertz CT molecular complexity index is 846. The van der Waals surface area contributed by atoms with Gasteiger partial charge in [0.1, 0.15) is 0 Å². The quantitative estimate of drug-likeness (QED) is 0.720. The van der Waals surface area contributed by atoms with E-state index in [0.717, 1.165) is 19.0 Å². The van der Waals surface area contributed by atoms with Gasteiger partial charge in [0.15, 0.2) is 0 Å². The molecule has 1 saturated carbocycles. The van der Waals surface area contributed by atoms with Crippen molar-refractivity contribution in [2.75, 3.05) is 24.6 Å². The number of hydrogen-bond donors (Lipinski definition) is 1. The highest BCUT2D eigenvalue weighted by molar-refractivity contribution is 5.91. The van der Waals surface area contributed by atoms with Gasteiger partial charge in [-0.2, -0.15) is 0 Å². The number of nitrogens with one attached hydrogen (secondary N) is 1. The standard InChI is InChI=1S/C24H33N3/c1-6-11-26(15-20-7-8-20)27-14-19(5)23(24-21(27)9-10-25-24)22-17(3)12-16(2)13-18(22)4/h9-10,12-13,20,25H,6-8,11,14-15H2,1-5H3. The number of aryl methyl sites for hydroxylation is 3. The van der Waals surface area contributed by atoms with Gasteiger partial charge in [-0.05, 0) is 81.2 Å². The third-order valence-electron chi connectivity index (χ3n) is 5.98. The van der Waals surface area contributed by atoms with E-state index >= 15 is 0 Å². The molecule has 1 aliphatic carbocycles. The van der Waals surface area contributed by atoms with Gasteiger partial charge < -0.3 is 4.98 Å². The van der Waals surface area contributed by atoms with E-state index in [0.29, 0.717) is 0 Å². The number of benzene rings is 1. The summed E-state index contributed by atoms with van der Waals surface area (Å²) < 4.78 is 0. The normalized spacial score (nSPS) is 17.0. The van der Waals surface area contributed by atoms with Crippen LogP contribution in [-0.4, -0.2) is 29.6 Å². The van der Waals surface area contributed by atoms with Gasteiger partial charge in [0, 0.05) is 24.9 Å². The minimum atomic E-state index is 0.895. The molecule has 0 bridgehead atoms. The van der Waals surface area contributed by atoms with Crippen LogP contribution in [0.2, 0.25) is 0 Å². The lowest BCUT2D eigenvalue weighted by Gasteiger charge is -2.40. The minimum Gasteiger partial charge on any atom is -0.359 e. The van der Waals surface area contributed by atoms with Crippen LogP contribution in [0.25, 0.3) is 5.57 Å². The van der Waals surface area contributed by atoms with Crippen LogP contribution < -0.4 is 5.01 Å². The first-order valence-corrected chi connectivity index (χ1v) is 10.5. The average Bonchev–Trinajstić information content (AvgIpc) is 3.28. The molecule has 144 valence electrons. The predicted molar refractivity (Wildman–Crippen MR) is 115 cm³/mol. The number of anilines is 1. The topological polar surface area (TPSA) is 22.3 Å². The summed E-state index contributed by atoms with van der Waals surface area (Å²) in [6, 6.07) is 6.89. The number of aromatic amines is 1. The summed E-state index contributed by atoms with van der Waals surface area (Å²) in [6.07, 6.45) is 6.09. The molecule has 1 fully saturated rings. The largest absolute Gasteiger partial charge is 0.359 e. The molecule has 4 rings (SSSR count). The molecule has 0 spiro atoms. The maximum Gasteiger partial charge on any atom is 0.0781 e. The van der Waals surface area contributed by atoms with Crippen molar-refractivity contribution in [2.45, 2.75) is 53.9 Å². The second kappa shape index (κ2) is 7.20. The number of fused-ring (bicyclic) bond motifs is 1. The molecule has 1 N–H and O–H groups in total. The third kappa shape index (κ3) is 3.45. The monoisotopic (exact) mass is 363 g/mol. The summed E-state index contributed by atoms with van der Waals surface area (Å²) in [4.78, 5) is 3.58. The number of H-pyrrole nitrogens is 1. The summed E-state index contributed by atoms with van der Waals surface area (Å²) >= 11 is 0. The van der Waals surface area contributed by atoms with E-state index in [-0.39, 0.29) is 0 Å². The fourth-order valence-corrected chi connectivity index (χ4v) is 4.71. The van der Waals surface area contributed by atoms with Crippen molar-refractivity contribution in [3.63, 3.8) is 0 Å². The first-order chi connectivity index (χ1) is 13.0. The zero-order valence-electron chi connectivity index (χ0n) is 17.5. The van der Waals surface area contributed by atoms with Crippen LogP contribution in [0.3, 0.4) is 0 Å². The molecule has 27 heavy (non-hydrogen) atoms. The lowest BCUT2D eigenvalue weighted by Crippen LogP contribution is -2.47. The molecule has 2 aliphatic rings. The van der Waals surface area contributed by atoms with Gasteiger partial charge in [0.05, 0.1) is 17.9 Å². The van der Waals surface area contributed by atoms with Gasteiger partial charge in [-0.15, -0.1) is 0 Å². The van der Waals surface area contributed by atoms with E-state index in [2.05, 4.69) is 74.0 Å². The Morgan fingerprint density at radius 3 is 2.44 bits per heavy atom. The van der Waals surface area contributed by atoms with Crippen LogP contribution in [-0.2, 0) is 0 Å². The van der Waals surface area contributed by atoms with Crippen LogP contribution in [0.5, 0.6) is 0 Å². The number of hydrazine groups is 1. The van der Waals surface area contributed by atoms with Crippen LogP contribution in [0.1, 0.15) is 61.1 Å². The van der Waals surface area contributed by atoms with Crippen molar-refractivity contribution in [1.29, 1.82) is 0 Å². The number of hydrogen-bond acceptors (Lipinski definition) is 2. The fraction of sp³-hybridized carbons (Fsp3) is 0.500. The Hall–Kier alpha value is -2.00. The zero-order valence-corrected chi connectivity index (χ0v) is 17.5. The van der Waals surface area contributed by atoms with Gasteiger partial charge >= 0.3 is 0 Å². The Morgan fingerprint density at radius 2 is 1.81 bits per heavy atom. The molecule has 3 nitrogen and oxygen atoms in total. The van der Waals surface area contributed by atoms with Crippen molar-refractivity contribution in [1.82, 2.24) is 9.99 Å². The van der Waals surface area contributed by atoms with E-state index in [1.807, 2.05) is 0 Å². The molecule has 1 aromatic carbocycles. The van der Waals surface area contributed by atoms with Gasteiger partial charge in [-0.1, -0.05) is 24.6 Å². The number of rotatable bonds is 6. The lowest BCUT2D eigenvalue weighted by atomic mass is 9.87. The Labute approximate surface area is 164 Å². The first kappa shape index (κ1) is 18.4. The molecule has 0 amide bonds. The maximum atomic E-state index is 3.58. The Morgan fingerprint density at radius 1 is 1.11 bits per heavy atom. The maximum absolute atomic E-state index is 3.58. The van der Waals surface area contributed by atoms with Crippen LogP contribution in [0, 0.1) is 26.7 Å². The zero-order chi connectivity index (χ0) is 19.1. The molecule has 0 radical (unpaired) electrons. The molecule has 0 atom stereocenters. The average molecular weight is 364 g/mol. The number of nitrogens with zero attached hydrogens (tertiary/aromatic N) is 2. The van der Waals surface area contributed by atoms with Gasteiger partial charge in [-0.3, -0.25) is 5.01 Å². The predicted octanol–water partition coefficient (Wildman–Crippen LogP) is 5.62. The van der Waals surface area contributed by atoms with Crippen molar-refractivity contribution in [2.24, 2.45) is 5.92 Å². The molecule has 0 unspecified atom stereocenters. The highest BCUT2D eigenvalue weighted by Gasteiger charge is 2.32. The molecule has 2 heterocycles. The lowest BCUT2D eigenvalue weighted by molar-refractivity contribution is 0.243. The second-order valence-corrected chi connectivity index (χ2v) is 8.58. The molecule has 1 aromatic heterocycles. The van der Waals surface area contributed by atoms with E-state index in [1.165, 1.54) is 70.6 Å². The number of aromatic nitrogens is 1. The van der Waals surface area contributed by atoms with Gasteiger partial charge in [0.2, 0.25) is 0 Å². The molecule has 0 saturated heterocycles. The summed E-state index contributed by atoms with van der Waals surface area (Å²) in [6.45, 7) is 14.6. The van der Waals surface area contributed by atoms with Gasteiger partial charge in [-0.25, -0.2) is 5.01 Å². The van der Waals surface area contributed by atoms with Crippen LogP contribution in [0.15, 0.2) is 30.0 Å². The van der Waals surface area contributed by atoms with E-state index in [1.54, 1.807) is 0 Å². The summed E-state index contributed by atoms with van der Waals surface area (Å²) in [5.74, 6) is 0.895. The third-order valence-corrected chi connectivity index (χ3v) is 5.98. The fourth-order valence-electron chi connectivity index (χ4n) is 4.71. The smallest absolute Gasteiger partial charge is 0.0781 e. The van der Waals surface area contributed by atoms with Crippen molar-refractivity contribution < 1.29 is 0 Å². The minimum absolute atomic E-state index is 0.895. The molecule has 3 heteroatoms. The summed E-state index contributed by atoms with van der Waals surface area (Å²) in [5.41, 5.74) is 11.0. The summed E-state index contributed by atoms with van der Waals surface area (Å²) in [5, 5.41) is 5.13. The molecular formula is C24H33N3. The van der Waals surface area contributed by atoms with E-state index in [9.17, 15) is 0 Å². The molecule has 1 aliphatic heterocycles. The molecular weight excluding hydrogens is 330 g/mol. The summed E-state index contributed by atoms with van der Waals surface area (Å²) in [7, 11) is 0. The van der Waals surface area contributed by atoms with Crippen molar-refractivity contribution >= 4 is 11.3 Å².